The summed E-state index contributed by atoms with van der Waals surface area (Å²) >= 11 is 3.45. The maximum absolute atomic E-state index is 13.8. The number of anilines is 1. The van der Waals surface area contributed by atoms with Crippen molar-refractivity contribution in [3.63, 3.8) is 0 Å². The Bertz CT molecular complexity index is 613. The highest BCUT2D eigenvalue weighted by molar-refractivity contribution is 9.10. The third-order valence-electron chi connectivity index (χ3n) is 3.09. The van der Waals surface area contributed by atoms with E-state index in [2.05, 4.69) is 29.8 Å². The number of nitrogens with two attached hydrogens (primary N) is 1. The van der Waals surface area contributed by atoms with Gasteiger partial charge in [-0.1, -0.05) is 41.9 Å². The minimum atomic E-state index is -0.407. The highest BCUT2D eigenvalue weighted by Crippen LogP contribution is 2.30. The van der Waals surface area contributed by atoms with Crippen molar-refractivity contribution in [1.29, 1.82) is 0 Å². The molecule has 0 atom stereocenters. The molecule has 0 aliphatic rings. The number of ether oxygens (including phenoxy) is 1. The van der Waals surface area contributed by atoms with Gasteiger partial charge in [-0.05, 0) is 35.7 Å². The Morgan fingerprint density at radius 2 is 2.00 bits per heavy atom. The Morgan fingerprint density at radius 1 is 1.25 bits per heavy atom. The van der Waals surface area contributed by atoms with Gasteiger partial charge in [-0.3, -0.25) is 0 Å². The maximum atomic E-state index is 13.8. The van der Waals surface area contributed by atoms with Crippen molar-refractivity contribution in [2.75, 3.05) is 5.73 Å². The van der Waals surface area contributed by atoms with Gasteiger partial charge in [-0.15, -0.1) is 0 Å². The molecule has 0 aromatic heterocycles. The molecule has 2 rings (SSSR count). The number of rotatable bonds is 4. The first-order chi connectivity index (χ1) is 9.49. The number of hydrogen-bond donors (Lipinski definition) is 1. The van der Waals surface area contributed by atoms with Crippen LogP contribution in [-0.2, 0) is 6.61 Å². The molecule has 0 saturated carbocycles. The van der Waals surface area contributed by atoms with E-state index < -0.39 is 5.82 Å². The maximum Gasteiger partial charge on any atom is 0.152 e. The highest BCUT2D eigenvalue weighted by Gasteiger charge is 2.11. The van der Waals surface area contributed by atoms with Crippen molar-refractivity contribution in [2.24, 2.45) is 0 Å². The van der Waals surface area contributed by atoms with E-state index in [4.69, 9.17) is 10.5 Å². The summed E-state index contributed by atoms with van der Waals surface area (Å²) in [5, 5.41) is 0. The molecular weight excluding hydrogens is 321 g/mol. The molecule has 0 amide bonds. The van der Waals surface area contributed by atoms with E-state index in [0.29, 0.717) is 11.5 Å². The summed E-state index contributed by atoms with van der Waals surface area (Å²) in [6.07, 6.45) is 0. The van der Waals surface area contributed by atoms with Crippen LogP contribution >= 0.6 is 15.9 Å². The van der Waals surface area contributed by atoms with Gasteiger partial charge < -0.3 is 10.5 Å². The van der Waals surface area contributed by atoms with Crippen LogP contribution in [0.5, 0.6) is 5.75 Å². The monoisotopic (exact) mass is 337 g/mol. The number of halogens is 2. The van der Waals surface area contributed by atoms with Crippen LogP contribution in [0.25, 0.3) is 0 Å². The third-order valence-corrected chi connectivity index (χ3v) is 3.58. The summed E-state index contributed by atoms with van der Waals surface area (Å²) in [6.45, 7) is 4.35. The molecule has 0 aliphatic heterocycles. The molecule has 0 bridgehead atoms. The average molecular weight is 338 g/mol. The van der Waals surface area contributed by atoms with E-state index >= 15 is 0 Å². The first kappa shape index (κ1) is 14.9. The summed E-state index contributed by atoms with van der Waals surface area (Å²) in [5.74, 6) is 0.689. The zero-order valence-electron chi connectivity index (χ0n) is 11.5. The molecule has 0 radical (unpaired) electrons. The zero-order valence-corrected chi connectivity index (χ0v) is 13.1. The fourth-order valence-corrected chi connectivity index (χ4v) is 2.35. The zero-order chi connectivity index (χ0) is 14.7. The topological polar surface area (TPSA) is 35.2 Å². The van der Waals surface area contributed by atoms with Gasteiger partial charge in [-0.25, -0.2) is 4.39 Å². The third kappa shape index (κ3) is 3.31. The quantitative estimate of drug-likeness (QED) is 0.807. The molecule has 0 spiro atoms. The van der Waals surface area contributed by atoms with Crippen LogP contribution in [-0.4, -0.2) is 0 Å². The Hall–Kier alpha value is -1.55. The molecule has 0 fully saturated rings. The first-order valence-electron chi connectivity index (χ1n) is 6.44. The normalized spacial score (nSPS) is 10.8. The van der Waals surface area contributed by atoms with Crippen molar-refractivity contribution in [3.05, 3.63) is 57.8 Å². The molecule has 106 valence electrons. The molecule has 2 aromatic carbocycles. The number of hydrogen-bond acceptors (Lipinski definition) is 2. The van der Waals surface area contributed by atoms with Crippen molar-refractivity contribution in [2.45, 2.75) is 26.4 Å². The lowest BCUT2D eigenvalue weighted by atomic mass is 10.0. The Kier molecular flexibility index (Phi) is 4.65. The summed E-state index contributed by atoms with van der Waals surface area (Å²) in [5.41, 5.74) is 7.24. The molecule has 2 aromatic rings. The summed E-state index contributed by atoms with van der Waals surface area (Å²) in [6, 6.07) is 10.8. The van der Waals surface area contributed by atoms with E-state index in [9.17, 15) is 4.39 Å². The van der Waals surface area contributed by atoms with Crippen molar-refractivity contribution >= 4 is 21.6 Å². The second kappa shape index (κ2) is 6.27. The van der Waals surface area contributed by atoms with Gasteiger partial charge in [0.2, 0.25) is 0 Å². The number of benzene rings is 2. The molecule has 0 heterocycles. The second-order valence-electron chi connectivity index (χ2n) is 4.95. The van der Waals surface area contributed by atoms with Gasteiger partial charge in [0.1, 0.15) is 12.4 Å². The predicted octanol–water partition coefficient (Wildman–Crippen LogP) is 4.87. The Morgan fingerprint density at radius 3 is 2.70 bits per heavy atom. The average Bonchev–Trinajstić information content (AvgIpc) is 2.41. The standard InChI is InChI=1S/C16H17BrFNO/c1-10(2)13-8-12(17)6-7-15(13)20-9-11-4-3-5-14(19)16(11)18/h3-8,10H,9,19H2,1-2H3. The van der Waals surface area contributed by atoms with Gasteiger partial charge in [0.15, 0.2) is 5.82 Å². The molecule has 0 saturated heterocycles. The Balaban J connectivity index is 2.21. The molecule has 4 heteroatoms. The minimum absolute atomic E-state index is 0.144. The predicted molar refractivity (Wildman–Crippen MR) is 83.4 cm³/mol. The van der Waals surface area contributed by atoms with Crippen LogP contribution < -0.4 is 10.5 Å². The van der Waals surface area contributed by atoms with E-state index in [1.165, 1.54) is 6.07 Å². The Labute approximate surface area is 126 Å². The molecule has 0 unspecified atom stereocenters. The molecular formula is C16H17BrFNO. The van der Waals surface area contributed by atoms with Crippen LogP contribution in [0.1, 0.15) is 30.9 Å². The van der Waals surface area contributed by atoms with E-state index in [0.717, 1.165) is 15.8 Å². The van der Waals surface area contributed by atoms with Gasteiger partial charge >= 0.3 is 0 Å². The molecule has 20 heavy (non-hydrogen) atoms. The van der Waals surface area contributed by atoms with Crippen LogP contribution in [0, 0.1) is 5.82 Å². The summed E-state index contributed by atoms with van der Waals surface area (Å²) < 4.78 is 20.6. The lowest BCUT2D eigenvalue weighted by Crippen LogP contribution is -2.03. The lowest BCUT2D eigenvalue weighted by molar-refractivity contribution is 0.296. The van der Waals surface area contributed by atoms with Crippen molar-refractivity contribution in [3.8, 4) is 5.75 Å². The van der Waals surface area contributed by atoms with E-state index in [-0.39, 0.29) is 12.3 Å². The lowest BCUT2D eigenvalue weighted by Gasteiger charge is -2.15. The fraction of sp³-hybridized carbons (Fsp3) is 0.250. The number of nitrogen functional groups attached to an aromatic ring is 1. The van der Waals surface area contributed by atoms with Crippen LogP contribution in [0.15, 0.2) is 40.9 Å². The summed E-state index contributed by atoms with van der Waals surface area (Å²) in [7, 11) is 0. The van der Waals surface area contributed by atoms with Crippen LogP contribution in [0.4, 0.5) is 10.1 Å². The van der Waals surface area contributed by atoms with Gasteiger partial charge in [0, 0.05) is 10.0 Å². The largest absolute Gasteiger partial charge is 0.489 e. The summed E-state index contributed by atoms with van der Waals surface area (Å²) in [4.78, 5) is 0. The van der Waals surface area contributed by atoms with Crippen LogP contribution in [0.2, 0.25) is 0 Å². The second-order valence-corrected chi connectivity index (χ2v) is 5.86. The van der Waals surface area contributed by atoms with Gasteiger partial charge in [0.05, 0.1) is 5.69 Å². The highest BCUT2D eigenvalue weighted by atomic mass is 79.9. The molecule has 2 nitrogen and oxygen atoms in total. The smallest absolute Gasteiger partial charge is 0.152 e. The van der Waals surface area contributed by atoms with Crippen LogP contribution in [0.3, 0.4) is 0 Å². The van der Waals surface area contributed by atoms with Crippen molar-refractivity contribution in [1.82, 2.24) is 0 Å². The van der Waals surface area contributed by atoms with Gasteiger partial charge in [0.25, 0.3) is 0 Å². The molecule has 0 aliphatic carbocycles. The fourth-order valence-electron chi connectivity index (χ4n) is 1.97. The van der Waals surface area contributed by atoms with E-state index in [1.807, 2.05) is 18.2 Å². The van der Waals surface area contributed by atoms with Gasteiger partial charge in [-0.2, -0.15) is 0 Å². The molecule has 2 N–H and O–H groups in total. The minimum Gasteiger partial charge on any atom is -0.489 e. The first-order valence-corrected chi connectivity index (χ1v) is 7.23. The van der Waals surface area contributed by atoms with Crippen molar-refractivity contribution < 1.29 is 9.13 Å². The van der Waals surface area contributed by atoms with E-state index in [1.54, 1.807) is 12.1 Å². The SMILES string of the molecule is CC(C)c1cc(Br)ccc1OCc1cccc(N)c1F.